The molecule has 3 aromatic rings. The van der Waals surface area contributed by atoms with Crippen LogP contribution >= 0.6 is 11.6 Å². The molecule has 9 heteroatoms. The number of nitriles is 3. The van der Waals surface area contributed by atoms with E-state index < -0.39 is 0 Å². The van der Waals surface area contributed by atoms with Gasteiger partial charge in [0.25, 0.3) is 0 Å². The van der Waals surface area contributed by atoms with Crippen LogP contribution in [0.4, 0.5) is 5.82 Å². The van der Waals surface area contributed by atoms with Crippen molar-refractivity contribution in [2.45, 2.75) is 26.5 Å². The van der Waals surface area contributed by atoms with Crippen LogP contribution in [0.5, 0.6) is 11.5 Å². The first-order chi connectivity index (χ1) is 16.5. The third-order valence-electron chi connectivity index (χ3n) is 4.80. The smallest absolute Gasteiger partial charge is 0.161 e. The standard InChI is InChI=1S/C25H21ClN6O2/c1-2-33-23-13-18(6-9-22(23)34-16-17-4-7-20(26)8-5-17)12-19(14-28)24-21(15-29)25(30)32(31-24)11-3-10-27/h4-9,12-13H,2-3,11,16,30H2,1H3/b19-12+. The van der Waals surface area contributed by atoms with Crippen molar-refractivity contribution in [2.75, 3.05) is 12.3 Å². The van der Waals surface area contributed by atoms with Crippen molar-refractivity contribution >= 4 is 29.1 Å². The summed E-state index contributed by atoms with van der Waals surface area (Å²) in [6, 6.07) is 18.7. The van der Waals surface area contributed by atoms with Gasteiger partial charge in [0.05, 0.1) is 31.2 Å². The Labute approximate surface area is 202 Å². The van der Waals surface area contributed by atoms with Gasteiger partial charge in [-0.05, 0) is 48.4 Å². The summed E-state index contributed by atoms with van der Waals surface area (Å²) in [5, 5.41) is 33.1. The first kappa shape index (κ1) is 24.2. The Morgan fingerprint density at radius 2 is 1.88 bits per heavy atom. The van der Waals surface area contributed by atoms with E-state index in [0.717, 1.165) is 5.56 Å². The predicted octanol–water partition coefficient (Wildman–Crippen LogP) is 4.95. The Balaban J connectivity index is 1.91. The van der Waals surface area contributed by atoms with Crippen molar-refractivity contribution in [1.29, 1.82) is 15.8 Å². The topological polar surface area (TPSA) is 134 Å². The van der Waals surface area contributed by atoms with Crippen LogP contribution in [0.3, 0.4) is 0 Å². The van der Waals surface area contributed by atoms with E-state index in [2.05, 4.69) is 11.2 Å². The number of aromatic nitrogens is 2. The van der Waals surface area contributed by atoms with E-state index in [9.17, 15) is 10.5 Å². The Morgan fingerprint density at radius 1 is 1.12 bits per heavy atom. The predicted molar refractivity (Wildman–Crippen MR) is 128 cm³/mol. The molecule has 2 aromatic carbocycles. The molecule has 8 nitrogen and oxygen atoms in total. The molecule has 0 aliphatic carbocycles. The number of allylic oxidation sites excluding steroid dienone is 1. The van der Waals surface area contributed by atoms with Gasteiger partial charge in [-0.15, -0.1) is 0 Å². The van der Waals surface area contributed by atoms with Crippen LogP contribution in [0.1, 0.15) is 35.7 Å². The number of ether oxygens (including phenoxy) is 2. The fourth-order valence-electron chi connectivity index (χ4n) is 3.16. The molecule has 0 radical (unpaired) electrons. The summed E-state index contributed by atoms with van der Waals surface area (Å²) in [5.41, 5.74) is 8.04. The maximum absolute atomic E-state index is 9.76. The highest BCUT2D eigenvalue weighted by Crippen LogP contribution is 2.32. The molecule has 0 fully saturated rings. The van der Waals surface area contributed by atoms with Gasteiger partial charge in [0.2, 0.25) is 0 Å². The van der Waals surface area contributed by atoms with Gasteiger partial charge in [-0.25, -0.2) is 4.68 Å². The molecule has 34 heavy (non-hydrogen) atoms. The average Bonchev–Trinajstić information content (AvgIpc) is 3.16. The summed E-state index contributed by atoms with van der Waals surface area (Å²) >= 11 is 5.93. The highest BCUT2D eigenvalue weighted by molar-refractivity contribution is 6.30. The summed E-state index contributed by atoms with van der Waals surface area (Å²) in [7, 11) is 0. The molecule has 0 aliphatic rings. The number of nitrogen functional groups attached to an aromatic ring is 1. The summed E-state index contributed by atoms with van der Waals surface area (Å²) < 4.78 is 13.0. The van der Waals surface area contributed by atoms with E-state index in [1.165, 1.54) is 4.68 Å². The van der Waals surface area contributed by atoms with Gasteiger partial charge in [-0.2, -0.15) is 20.9 Å². The Bertz CT molecular complexity index is 1320. The van der Waals surface area contributed by atoms with Crippen molar-refractivity contribution in [3.05, 3.63) is 69.9 Å². The second kappa shape index (κ2) is 11.4. The van der Waals surface area contributed by atoms with E-state index in [1.807, 2.05) is 31.2 Å². The van der Waals surface area contributed by atoms with Crippen molar-refractivity contribution in [3.8, 4) is 29.7 Å². The normalized spacial score (nSPS) is 10.7. The third-order valence-corrected chi connectivity index (χ3v) is 5.05. The lowest BCUT2D eigenvalue weighted by Gasteiger charge is -2.13. The van der Waals surface area contributed by atoms with Crippen LogP contribution in [0.2, 0.25) is 5.02 Å². The third kappa shape index (κ3) is 5.66. The zero-order valence-electron chi connectivity index (χ0n) is 18.5. The second-order valence-electron chi connectivity index (χ2n) is 7.08. The summed E-state index contributed by atoms with van der Waals surface area (Å²) in [6.07, 6.45) is 1.78. The molecule has 0 spiro atoms. The van der Waals surface area contributed by atoms with Crippen molar-refractivity contribution < 1.29 is 9.47 Å². The maximum Gasteiger partial charge on any atom is 0.161 e. The van der Waals surface area contributed by atoms with Crippen LogP contribution in [0.25, 0.3) is 11.6 Å². The SMILES string of the molecule is CCOc1cc(/C=C(\C#N)c2nn(CCC#N)c(N)c2C#N)ccc1OCc1ccc(Cl)cc1. The molecule has 0 atom stereocenters. The number of hydrogen-bond donors (Lipinski definition) is 1. The minimum atomic E-state index is 0.0960. The Kier molecular flexibility index (Phi) is 8.13. The monoisotopic (exact) mass is 472 g/mol. The number of nitrogens with zero attached hydrogens (tertiary/aromatic N) is 5. The van der Waals surface area contributed by atoms with Crippen LogP contribution in [0, 0.1) is 34.0 Å². The number of nitrogens with two attached hydrogens (primary N) is 1. The van der Waals surface area contributed by atoms with E-state index in [-0.39, 0.29) is 35.6 Å². The molecule has 170 valence electrons. The van der Waals surface area contributed by atoms with Crippen LogP contribution in [0.15, 0.2) is 42.5 Å². The van der Waals surface area contributed by atoms with E-state index >= 15 is 0 Å². The molecule has 0 saturated heterocycles. The number of anilines is 1. The molecule has 0 aliphatic heterocycles. The van der Waals surface area contributed by atoms with E-state index in [1.54, 1.807) is 36.4 Å². The van der Waals surface area contributed by atoms with Gasteiger partial charge in [-0.1, -0.05) is 29.8 Å². The molecular weight excluding hydrogens is 452 g/mol. The molecule has 2 N–H and O–H groups in total. The lowest BCUT2D eigenvalue weighted by atomic mass is 10.1. The molecule has 1 aromatic heterocycles. The lowest BCUT2D eigenvalue weighted by Crippen LogP contribution is -2.04. The molecule has 0 unspecified atom stereocenters. The lowest BCUT2D eigenvalue weighted by molar-refractivity contribution is 0.269. The first-order valence-corrected chi connectivity index (χ1v) is 10.8. The van der Waals surface area contributed by atoms with Crippen LogP contribution < -0.4 is 15.2 Å². The minimum absolute atomic E-state index is 0.0960. The quantitative estimate of drug-likeness (QED) is 0.435. The van der Waals surface area contributed by atoms with Gasteiger partial charge >= 0.3 is 0 Å². The number of rotatable bonds is 9. The van der Waals surface area contributed by atoms with Crippen LogP contribution in [-0.2, 0) is 13.2 Å². The fraction of sp³-hybridized carbons (Fsp3) is 0.200. The number of halogens is 1. The number of hydrogen-bond acceptors (Lipinski definition) is 7. The number of aryl methyl sites for hydroxylation is 1. The highest BCUT2D eigenvalue weighted by atomic mass is 35.5. The van der Waals surface area contributed by atoms with E-state index in [0.29, 0.717) is 35.3 Å². The Morgan fingerprint density at radius 3 is 2.53 bits per heavy atom. The minimum Gasteiger partial charge on any atom is -0.490 e. The van der Waals surface area contributed by atoms with Gasteiger partial charge in [0.1, 0.15) is 35.8 Å². The summed E-state index contributed by atoms with van der Waals surface area (Å²) in [5.74, 6) is 1.19. The second-order valence-corrected chi connectivity index (χ2v) is 7.51. The first-order valence-electron chi connectivity index (χ1n) is 10.4. The van der Waals surface area contributed by atoms with Crippen molar-refractivity contribution in [3.63, 3.8) is 0 Å². The molecule has 0 amide bonds. The van der Waals surface area contributed by atoms with Crippen LogP contribution in [-0.4, -0.2) is 16.4 Å². The van der Waals surface area contributed by atoms with Crippen molar-refractivity contribution in [2.24, 2.45) is 0 Å². The highest BCUT2D eigenvalue weighted by Gasteiger charge is 2.19. The van der Waals surface area contributed by atoms with Gasteiger partial charge in [0.15, 0.2) is 11.5 Å². The van der Waals surface area contributed by atoms with Crippen molar-refractivity contribution in [1.82, 2.24) is 9.78 Å². The van der Waals surface area contributed by atoms with Gasteiger partial charge < -0.3 is 15.2 Å². The van der Waals surface area contributed by atoms with Gasteiger partial charge in [0, 0.05) is 5.02 Å². The Hall–Kier alpha value is -4.45. The summed E-state index contributed by atoms with van der Waals surface area (Å²) in [6.45, 7) is 2.85. The molecular formula is C25H21ClN6O2. The molecule has 1 heterocycles. The van der Waals surface area contributed by atoms with Gasteiger partial charge in [-0.3, -0.25) is 0 Å². The van der Waals surface area contributed by atoms with E-state index in [4.69, 9.17) is 32.1 Å². The summed E-state index contributed by atoms with van der Waals surface area (Å²) in [4.78, 5) is 0. The molecule has 0 saturated carbocycles. The largest absolute Gasteiger partial charge is 0.490 e. The fourth-order valence-corrected chi connectivity index (χ4v) is 3.29. The molecule has 0 bridgehead atoms. The molecule has 3 rings (SSSR count). The zero-order valence-corrected chi connectivity index (χ0v) is 19.2. The average molecular weight is 473 g/mol. The number of benzene rings is 2. The maximum atomic E-state index is 9.76. The zero-order chi connectivity index (χ0) is 24.5.